The van der Waals surface area contributed by atoms with Gasteiger partial charge in [-0.05, 0) is 0 Å². The van der Waals surface area contributed by atoms with Crippen molar-refractivity contribution in [3.63, 3.8) is 0 Å². The molecule has 0 aliphatic heterocycles. The number of amides is 1. The molecule has 75 valence electrons. The fourth-order valence-electron chi connectivity index (χ4n) is 0.803. The average molecular weight is 266 g/mol. The first-order valence-corrected chi connectivity index (χ1v) is 4.30. The summed E-state index contributed by atoms with van der Waals surface area (Å²) in [4.78, 5) is 10.5. The predicted octanol–water partition coefficient (Wildman–Crippen LogP) is 2.59. The Morgan fingerprint density at radius 2 is 2.07 bits per heavy atom. The van der Waals surface area contributed by atoms with Gasteiger partial charge in [-0.2, -0.15) is 23.8 Å². The Balaban J connectivity index is 0. The first kappa shape index (κ1) is 16.1. The van der Waals surface area contributed by atoms with Gasteiger partial charge < -0.3 is 17.0 Å². The largest absolute Gasteiger partial charge is 0.375 e. The fourth-order valence-corrected chi connectivity index (χ4v) is 0.803. The van der Waals surface area contributed by atoms with Gasteiger partial charge in [-0.3, -0.25) is 0 Å². The molecule has 0 bridgehead atoms. The summed E-state index contributed by atoms with van der Waals surface area (Å²) in [6.45, 7) is 9.14. The van der Waals surface area contributed by atoms with Crippen LogP contribution in [0.2, 0.25) is 0 Å². The van der Waals surface area contributed by atoms with E-state index in [1.165, 1.54) is 0 Å². The Morgan fingerprint density at radius 1 is 1.50 bits per heavy atom. The summed E-state index contributed by atoms with van der Waals surface area (Å²) in [5.74, 6) is -0.313. The summed E-state index contributed by atoms with van der Waals surface area (Å²) in [5, 5.41) is 2.54. The summed E-state index contributed by atoms with van der Waals surface area (Å²) in [5.41, 5.74) is 1.76. The van der Waals surface area contributed by atoms with Crippen molar-refractivity contribution in [2.24, 2.45) is 0 Å². The minimum absolute atomic E-state index is 0. The SMILES string of the molecule is CC.[CH2-]C(=O)Nc1[c-]ccc(C)c1.[Y]. The second-order valence-electron chi connectivity index (χ2n) is 2.33. The van der Waals surface area contributed by atoms with Crippen molar-refractivity contribution in [2.45, 2.75) is 20.8 Å². The van der Waals surface area contributed by atoms with E-state index in [4.69, 9.17) is 0 Å². The van der Waals surface area contributed by atoms with Crippen LogP contribution in [0.1, 0.15) is 19.4 Å². The van der Waals surface area contributed by atoms with Gasteiger partial charge in [0.05, 0.1) is 5.91 Å². The number of benzene rings is 1. The Hall–Kier alpha value is -0.336. The van der Waals surface area contributed by atoms with Crippen LogP contribution in [0, 0.1) is 19.9 Å². The van der Waals surface area contributed by atoms with Gasteiger partial charge in [-0.1, -0.05) is 26.5 Å². The number of aryl methyl sites for hydroxylation is 1. The molecule has 0 saturated carbocycles. The third-order valence-corrected chi connectivity index (χ3v) is 1.23. The predicted molar refractivity (Wildman–Crippen MR) is 55.3 cm³/mol. The van der Waals surface area contributed by atoms with Gasteiger partial charge in [-0.15, -0.1) is 6.07 Å². The third-order valence-electron chi connectivity index (χ3n) is 1.23. The molecular weight excluding hydrogens is 251 g/mol. The minimum atomic E-state index is -0.313. The van der Waals surface area contributed by atoms with Gasteiger partial charge in [0.1, 0.15) is 0 Å². The molecule has 1 aromatic rings. The smallest absolute Gasteiger partial charge is 0.0823 e. The maximum Gasteiger partial charge on any atom is 0.0823 e. The van der Waals surface area contributed by atoms with Crippen LogP contribution in [0.3, 0.4) is 0 Å². The molecule has 0 spiro atoms. The maximum atomic E-state index is 10.5. The van der Waals surface area contributed by atoms with E-state index in [2.05, 4.69) is 18.3 Å². The van der Waals surface area contributed by atoms with Gasteiger partial charge in [-0.25, -0.2) is 0 Å². The molecule has 0 heterocycles. The zero-order valence-corrected chi connectivity index (χ0v) is 11.8. The van der Waals surface area contributed by atoms with Crippen LogP contribution in [-0.4, -0.2) is 5.91 Å². The van der Waals surface area contributed by atoms with Crippen LogP contribution in [0.25, 0.3) is 0 Å². The minimum Gasteiger partial charge on any atom is -0.375 e. The van der Waals surface area contributed by atoms with Crippen LogP contribution in [-0.2, 0) is 37.5 Å². The summed E-state index contributed by atoms with van der Waals surface area (Å²) >= 11 is 0. The average Bonchev–Trinajstić information content (AvgIpc) is 2.06. The summed E-state index contributed by atoms with van der Waals surface area (Å²) in [6.07, 6.45) is 0. The molecule has 1 amide bonds. The van der Waals surface area contributed by atoms with Gasteiger partial charge in [0, 0.05) is 32.7 Å². The number of carbonyl (C=O) groups excluding carboxylic acids is 1. The molecular formula is C11H15NOY-2. The third kappa shape index (κ3) is 7.10. The van der Waals surface area contributed by atoms with E-state index in [0.29, 0.717) is 5.69 Å². The zero-order chi connectivity index (χ0) is 10.3. The molecule has 0 saturated heterocycles. The topological polar surface area (TPSA) is 29.1 Å². The number of hydrogen-bond donors (Lipinski definition) is 1. The van der Waals surface area contributed by atoms with Crippen LogP contribution >= 0.6 is 0 Å². The van der Waals surface area contributed by atoms with Crippen LogP contribution < -0.4 is 5.32 Å². The molecule has 0 unspecified atom stereocenters. The summed E-state index contributed by atoms with van der Waals surface area (Å²) < 4.78 is 0. The quantitative estimate of drug-likeness (QED) is 0.778. The molecule has 3 heteroatoms. The van der Waals surface area contributed by atoms with Crippen LogP contribution in [0.15, 0.2) is 18.2 Å². The van der Waals surface area contributed by atoms with Crippen molar-refractivity contribution in [1.82, 2.24) is 0 Å². The first-order chi connectivity index (χ1) is 6.18. The van der Waals surface area contributed by atoms with Gasteiger partial charge in [0.2, 0.25) is 0 Å². The number of carbonyl (C=O) groups is 1. The molecule has 1 aromatic carbocycles. The van der Waals surface area contributed by atoms with Crippen molar-refractivity contribution < 1.29 is 37.5 Å². The number of nitrogens with one attached hydrogen (secondary N) is 1. The first-order valence-electron chi connectivity index (χ1n) is 4.30. The van der Waals surface area contributed by atoms with Gasteiger partial charge in [0.15, 0.2) is 0 Å². The number of hydrogen-bond acceptors (Lipinski definition) is 1. The van der Waals surface area contributed by atoms with Crippen LogP contribution in [0.4, 0.5) is 5.69 Å². The second-order valence-corrected chi connectivity index (χ2v) is 2.33. The van der Waals surface area contributed by atoms with Crippen molar-refractivity contribution >= 4 is 11.6 Å². The van der Waals surface area contributed by atoms with E-state index in [9.17, 15) is 4.79 Å². The molecule has 0 aliphatic rings. The van der Waals surface area contributed by atoms with Gasteiger partial charge in [0.25, 0.3) is 0 Å². The van der Waals surface area contributed by atoms with Gasteiger partial charge >= 0.3 is 0 Å². The number of rotatable bonds is 1. The van der Waals surface area contributed by atoms with E-state index in [-0.39, 0.29) is 38.6 Å². The van der Waals surface area contributed by atoms with Crippen molar-refractivity contribution in [3.8, 4) is 0 Å². The van der Waals surface area contributed by atoms with Crippen LogP contribution in [0.5, 0.6) is 0 Å². The Labute approximate surface area is 111 Å². The summed E-state index contributed by atoms with van der Waals surface area (Å²) in [7, 11) is 0. The monoisotopic (exact) mass is 266 g/mol. The molecule has 0 atom stereocenters. The van der Waals surface area contributed by atoms with Crippen molar-refractivity contribution in [2.75, 3.05) is 5.32 Å². The van der Waals surface area contributed by atoms with E-state index in [0.717, 1.165) is 5.56 Å². The molecule has 14 heavy (non-hydrogen) atoms. The second kappa shape index (κ2) is 9.23. The molecule has 0 aromatic heterocycles. The van der Waals surface area contributed by atoms with E-state index in [1.54, 1.807) is 6.07 Å². The molecule has 2 nitrogen and oxygen atoms in total. The Morgan fingerprint density at radius 3 is 2.50 bits per heavy atom. The van der Waals surface area contributed by atoms with Crippen molar-refractivity contribution in [3.05, 3.63) is 36.8 Å². The van der Waals surface area contributed by atoms with E-state index < -0.39 is 0 Å². The van der Waals surface area contributed by atoms with Crippen molar-refractivity contribution in [1.29, 1.82) is 0 Å². The fraction of sp³-hybridized carbons (Fsp3) is 0.273. The number of anilines is 1. The van der Waals surface area contributed by atoms with E-state index in [1.807, 2.05) is 32.9 Å². The Kier molecular flexibility index (Phi) is 10.6. The summed E-state index contributed by atoms with van der Waals surface area (Å²) in [6, 6.07) is 8.38. The normalized spacial score (nSPS) is 7.64. The molecule has 1 rings (SSSR count). The molecule has 1 radical (unpaired) electrons. The molecule has 1 N–H and O–H groups in total. The molecule has 0 fully saturated rings. The van der Waals surface area contributed by atoms with E-state index >= 15 is 0 Å². The molecule has 0 aliphatic carbocycles. The Bertz CT molecular complexity index is 274. The maximum absolute atomic E-state index is 10.5. The zero-order valence-electron chi connectivity index (χ0n) is 8.92. The standard InChI is InChI=1S/C9H9NO.C2H6.Y/c1-7-4-3-5-9(6-7)10-8(2)11;1-2;/h3-4,6H,2H2,1H3,(H,10,11);1-2H3;/q-2;;.